The largest absolute Gasteiger partial charge is 0.478 e. The van der Waals surface area contributed by atoms with Gasteiger partial charge < -0.3 is 14.7 Å². The van der Waals surface area contributed by atoms with Crippen molar-refractivity contribution in [3.8, 4) is 22.6 Å². The van der Waals surface area contributed by atoms with E-state index in [1.54, 1.807) is 23.5 Å². The van der Waals surface area contributed by atoms with E-state index in [1.807, 2.05) is 0 Å². The molecule has 0 radical (unpaired) electrons. The van der Waals surface area contributed by atoms with Gasteiger partial charge in [-0.05, 0) is 66.3 Å². The summed E-state index contributed by atoms with van der Waals surface area (Å²) in [6.45, 7) is 9.53. The number of benzene rings is 3. The highest BCUT2D eigenvalue weighted by atomic mass is 32.3. The van der Waals surface area contributed by atoms with Crippen molar-refractivity contribution in [2.24, 2.45) is 11.8 Å². The van der Waals surface area contributed by atoms with E-state index in [1.165, 1.54) is 36.4 Å². The topological polar surface area (TPSA) is 93.5 Å². The highest BCUT2D eigenvalue weighted by Crippen LogP contribution is 2.59. The molecule has 0 aliphatic carbocycles. The monoisotopic (exact) mass is 574 g/mol. The molecule has 0 amide bonds. The highest BCUT2D eigenvalue weighted by molar-refractivity contribution is 8.22. The molecule has 1 heterocycles. The van der Waals surface area contributed by atoms with Gasteiger partial charge in [-0.3, -0.25) is 9.11 Å². The van der Waals surface area contributed by atoms with Crippen molar-refractivity contribution in [3.63, 3.8) is 0 Å². The van der Waals surface area contributed by atoms with Crippen molar-refractivity contribution in [1.29, 1.82) is 0 Å². The molecule has 1 aliphatic rings. The Hall–Kier alpha value is -3.18. The predicted octanol–water partition coefficient (Wildman–Crippen LogP) is 7.97. The van der Waals surface area contributed by atoms with E-state index in [9.17, 15) is 27.8 Å². The third-order valence-corrected chi connectivity index (χ3v) is 8.94. The first-order valence-corrected chi connectivity index (χ1v) is 14.7. The number of aromatic carboxylic acids is 1. The van der Waals surface area contributed by atoms with Crippen LogP contribution in [0.5, 0.6) is 11.5 Å². The first kappa shape index (κ1) is 29.8. The van der Waals surface area contributed by atoms with Gasteiger partial charge in [0.15, 0.2) is 0 Å². The van der Waals surface area contributed by atoms with Gasteiger partial charge in [-0.1, -0.05) is 33.8 Å². The van der Waals surface area contributed by atoms with Gasteiger partial charge in [-0.2, -0.15) is 0 Å². The number of nitrogens with zero attached hydrogens (tertiary/aromatic N) is 2. The molecule has 3 aromatic rings. The zero-order chi connectivity index (χ0) is 29.4. The maximum Gasteiger partial charge on any atom is 0.338 e. The molecule has 10 heteroatoms. The number of anilines is 1. The maximum atomic E-state index is 14.3. The second-order valence-electron chi connectivity index (χ2n) is 11.0. The first-order valence-electron chi connectivity index (χ1n) is 13.2. The molecule has 1 aliphatic heterocycles. The number of hydrogen-bond acceptors (Lipinski definition) is 6. The van der Waals surface area contributed by atoms with Crippen LogP contribution in [0.15, 0.2) is 59.5 Å². The van der Waals surface area contributed by atoms with Crippen molar-refractivity contribution in [2.45, 2.75) is 45.1 Å². The second kappa shape index (κ2) is 11.7. The normalized spacial score (nSPS) is 18.0. The van der Waals surface area contributed by atoms with Crippen LogP contribution in [0, 0.1) is 23.5 Å². The maximum absolute atomic E-state index is 14.3. The number of likely N-dealkylation sites (N-methyl/N-ethyl adjacent to an activating group) is 1. The lowest BCUT2D eigenvalue weighted by molar-refractivity contribution is 0.0692. The summed E-state index contributed by atoms with van der Waals surface area (Å²) in [4.78, 5) is 14.1. The molecule has 0 aromatic heterocycles. The van der Waals surface area contributed by atoms with Crippen molar-refractivity contribution < 1.29 is 32.5 Å². The van der Waals surface area contributed by atoms with Crippen LogP contribution in [0.1, 0.15) is 44.5 Å². The first-order chi connectivity index (χ1) is 18.8. The number of carboxylic acids is 1. The number of fused-ring (bicyclic) bond motifs is 1. The predicted molar refractivity (Wildman–Crippen MR) is 154 cm³/mol. The molecule has 0 fully saturated rings. The molecular weight excluding hydrogens is 538 g/mol. The zero-order valence-corrected chi connectivity index (χ0v) is 24.1. The van der Waals surface area contributed by atoms with E-state index in [0.29, 0.717) is 41.6 Å². The van der Waals surface area contributed by atoms with Gasteiger partial charge in [0.25, 0.3) is 0 Å². The number of hydrogen-bond donors (Lipinski definition) is 3. The van der Waals surface area contributed by atoms with Crippen LogP contribution in [0.3, 0.4) is 0 Å². The average Bonchev–Trinajstić information content (AvgIpc) is 2.94. The van der Waals surface area contributed by atoms with Crippen LogP contribution in [0.2, 0.25) is 0 Å². The van der Waals surface area contributed by atoms with E-state index in [0.717, 1.165) is 12.5 Å². The fraction of sp³-hybridized carbons (Fsp3) is 0.367. The Morgan fingerprint density at radius 1 is 1.02 bits per heavy atom. The highest BCUT2D eigenvalue weighted by Gasteiger charge is 2.38. The molecule has 40 heavy (non-hydrogen) atoms. The molecule has 4 rings (SSSR count). The van der Waals surface area contributed by atoms with Gasteiger partial charge in [0.2, 0.25) is 0 Å². The number of ether oxygens (including phenoxy) is 1. The van der Waals surface area contributed by atoms with Gasteiger partial charge in [0.05, 0.1) is 16.1 Å². The molecule has 7 nitrogen and oxygen atoms in total. The van der Waals surface area contributed by atoms with Crippen LogP contribution in [-0.2, 0) is 0 Å². The van der Waals surface area contributed by atoms with Crippen molar-refractivity contribution in [1.82, 2.24) is 4.31 Å². The fourth-order valence-electron chi connectivity index (χ4n) is 5.02. The van der Waals surface area contributed by atoms with E-state index < -0.39 is 33.9 Å². The molecule has 0 saturated heterocycles. The summed E-state index contributed by atoms with van der Waals surface area (Å²) in [7, 11) is -1.78. The van der Waals surface area contributed by atoms with Crippen molar-refractivity contribution in [3.05, 3.63) is 71.8 Å². The third-order valence-electron chi connectivity index (χ3n) is 6.92. The van der Waals surface area contributed by atoms with Gasteiger partial charge in [-0.15, -0.1) is 10.8 Å². The van der Waals surface area contributed by atoms with E-state index in [2.05, 4.69) is 32.6 Å². The lowest BCUT2D eigenvalue weighted by Gasteiger charge is -2.43. The van der Waals surface area contributed by atoms with Crippen LogP contribution in [0.25, 0.3) is 11.1 Å². The summed E-state index contributed by atoms with van der Waals surface area (Å²) in [5, 5.41) is 9.54. The number of carbonyl (C=O) groups is 1. The molecule has 0 spiro atoms. The summed E-state index contributed by atoms with van der Waals surface area (Å²) >= 11 is 0. The third kappa shape index (κ3) is 6.25. The molecular formula is C30H36F2N2O5S. The van der Waals surface area contributed by atoms with Crippen LogP contribution >= 0.6 is 10.8 Å². The Morgan fingerprint density at radius 3 is 2.30 bits per heavy atom. The Balaban J connectivity index is 1.98. The number of carboxylic acid groups (broad SMARTS) is 1. The van der Waals surface area contributed by atoms with Crippen LogP contribution in [0.4, 0.5) is 14.5 Å². The van der Waals surface area contributed by atoms with Gasteiger partial charge in [0.1, 0.15) is 23.1 Å². The van der Waals surface area contributed by atoms with Gasteiger partial charge in [0, 0.05) is 37.8 Å². The zero-order valence-electron chi connectivity index (χ0n) is 23.3. The smallest absolute Gasteiger partial charge is 0.338 e. The summed E-state index contributed by atoms with van der Waals surface area (Å²) in [5.74, 6) is -1.58. The standard InChI is InChI=1S/C30H36F2N2O5S/c1-18(2)12-22-17-34(16-19(3)4)27-15-28(39-23-9-7-21(31)8-10-23)24(14-29(27)40(37,38)33(22)5)20-6-11-26(32)25(13-20)30(35)36/h6-11,13-15,18-19,22,37-38H,12,16-17H2,1-5H3,(H,35,36). The van der Waals surface area contributed by atoms with E-state index >= 15 is 0 Å². The summed E-state index contributed by atoms with van der Waals surface area (Å²) < 4.78 is 59.1. The molecule has 3 N–H and O–H groups in total. The molecule has 0 bridgehead atoms. The number of rotatable bonds is 8. The molecule has 216 valence electrons. The molecule has 1 unspecified atom stereocenters. The van der Waals surface area contributed by atoms with Gasteiger partial charge >= 0.3 is 5.97 Å². The van der Waals surface area contributed by atoms with Crippen molar-refractivity contribution >= 4 is 22.4 Å². The molecule has 1 atom stereocenters. The molecule has 3 aromatic carbocycles. The van der Waals surface area contributed by atoms with Gasteiger partial charge in [-0.25, -0.2) is 17.9 Å². The minimum Gasteiger partial charge on any atom is -0.478 e. The van der Waals surface area contributed by atoms with E-state index in [-0.39, 0.29) is 22.6 Å². The minimum atomic E-state index is -3.48. The molecule has 0 saturated carbocycles. The quantitative estimate of drug-likeness (QED) is 0.251. The summed E-state index contributed by atoms with van der Waals surface area (Å²) in [6, 6.07) is 12.2. The SMILES string of the molecule is CC(C)CC1CN(CC(C)C)c2cc(Oc3ccc(F)cc3)c(-c3ccc(F)c(C(=O)O)c3)cc2S(O)(O)N1C. The Morgan fingerprint density at radius 2 is 1.70 bits per heavy atom. The van der Waals surface area contributed by atoms with Crippen LogP contribution < -0.4 is 9.64 Å². The Kier molecular flexibility index (Phi) is 8.75. The Bertz CT molecular complexity index is 1380. The van der Waals surface area contributed by atoms with Crippen molar-refractivity contribution in [2.75, 3.05) is 25.0 Å². The van der Waals surface area contributed by atoms with Crippen LogP contribution in [-0.4, -0.2) is 50.7 Å². The summed E-state index contributed by atoms with van der Waals surface area (Å²) in [6.07, 6.45) is 0.737. The number of halogens is 2. The summed E-state index contributed by atoms with van der Waals surface area (Å²) in [5.41, 5.74) is 0.705. The Labute approximate surface area is 235 Å². The minimum absolute atomic E-state index is 0.162. The lowest BCUT2D eigenvalue weighted by atomic mass is 10.00. The fourth-order valence-corrected chi connectivity index (χ4v) is 6.65. The van der Waals surface area contributed by atoms with E-state index in [4.69, 9.17) is 4.74 Å². The second-order valence-corrected chi connectivity index (χ2v) is 13.1. The lowest BCUT2D eigenvalue weighted by Crippen LogP contribution is -2.42. The average molecular weight is 575 g/mol.